The van der Waals surface area contributed by atoms with Gasteiger partial charge in [-0.3, -0.25) is 9.89 Å². The van der Waals surface area contributed by atoms with Gasteiger partial charge < -0.3 is 11.1 Å². The van der Waals surface area contributed by atoms with Crippen LogP contribution in [0, 0.1) is 5.82 Å². The highest BCUT2D eigenvalue weighted by molar-refractivity contribution is 6.06. The van der Waals surface area contributed by atoms with Crippen molar-refractivity contribution >= 4 is 11.6 Å². The molecule has 1 aliphatic heterocycles. The lowest BCUT2D eigenvalue weighted by molar-refractivity contribution is 0.0966. The van der Waals surface area contributed by atoms with Crippen LogP contribution in [-0.4, -0.2) is 21.1 Å². The van der Waals surface area contributed by atoms with Crippen molar-refractivity contribution in [3.8, 4) is 22.5 Å². The minimum atomic E-state index is -0.418. The van der Waals surface area contributed by atoms with Crippen LogP contribution in [0.5, 0.6) is 0 Å². The summed E-state index contributed by atoms with van der Waals surface area (Å²) in [6.45, 7) is 0.343. The average molecular weight is 309 g/mol. The van der Waals surface area contributed by atoms with Gasteiger partial charge in [0.15, 0.2) is 5.82 Å². The second-order valence-electron chi connectivity index (χ2n) is 5.27. The molecule has 1 aliphatic rings. The number of benzene rings is 2. The second-order valence-corrected chi connectivity index (χ2v) is 5.27. The topological polar surface area (TPSA) is 96.7 Å². The second kappa shape index (κ2) is 4.91. The Kier molecular flexibility index (Phi) is 2.87. The summed E-state index contributed by atoms with van der Waals surface area (Å²) in [4.78, 5) is 16.3. The Hall–Kier alpha value is -3.22. The van der Waals surface area contributed by atoms with E-state index in [4.69, 9.17) is 5.73 Å². The molecule has 4 N–H and O–H groups in total. The number of aromatic amines is 1. The zero-order valence-electron chi connectivity index (χ0n) is 11.9. The number of nitrogen functional groups attached to an aromatic ring is 1. The summed E-state index contributed by atoms with van der Waals surface area (Å²) in [5.74, 6) is -0.120. The normalized spacial score (nSPS) is 13.0. The number of rotatable bonds is 2. The van der Waals surface area contributed by atoms with Gasteiger partial charge in [-0.25, -0.2) is 9.37 Å². The van der Waals surface area contributed by atoms with Gasteiger partial charge >= 0.3 is 0 Å². The number of hydrogen-bond donors (Lipinski definition) is 3. The third-order valence-electron chi connectivity index (χ3n) is 3.92. The number of carbonyl (C=O) groups is 1. The van der Waals surface area contributed by atoms with Crippen LogP contribution in [0.25, 0.3) is 22.5 Å². The van der Waals surface area contributed by atoms with Crippen molar-refractivity contribution in [3.63, 3.8) is 0 Å². The molecule has 6 nitrogen and oxygen atoms in total. The van der Waals surface area contributed by atoms with Crippen molar-refractivity contribution in [3.05, 3.63) is 53.6 Å². The molecule has 0 saturated carbocycles. The number of nitrogens with two attached hydrogens (primary N) is 1. The lowest BCUT2D eigenvalue weighted by atomic mass is 9.92. The Labute approximate surface area is 130 Å². The average Bonchev–Trinajstić information content (AvgIpc) is 3.18. The third kappa shape index (κ3) is 2.05. The summed E-state index contributed by atoms with van der Waals surface area (Å²) in [6.07, 6.45) is 1.38. The van der Waals surface area contributed by atoms with Crippen molar-refractivity contribution < 1.29 is 9.18 Å². The van der Waals surface area contributed by atoms with E-state index in [9.17, 15) is 9.18 Å². The molecule has 2 heterocycles. The van der Waals surface area contributed by atoms with Gasteiger partial charge in [0.05, 0.1) is 5.56 Å². The standard InChI is InChI=1S/C16H12FN5O/c17-13-5-8(18)1-2-10(13)9-3-4-11(15-20-7-21-22-15)14-12(9)6-19-16(14)23/h1-5,7H,6,18H2,(H,19,23)(H,20,21,22). The van der Waals surface area contributed by atoms with Crippen molar-refractivity contribution in [1.82, 2.24) is 20.5 Å². The molecule has 3 aromatic rings. The van der Waals surface area contributed by atoms with E-state index in [0.717, 1.165) is 5.56 Å². The molecule has 0 fully saturated rings. The molecule has 1 amide bonds. The van der Waals surface area contributed by atoms with Gasteiger partial charge in [-0.1, -0.05) is 6.07 Å². The van der Waals surface area contributed by atoms with E-state index < -0.39 is 5.82 Å². The Morgan fingerprint density at radius 1 is 1.13 bits per heavy atom. The molecule has 7 heteroatoms. The van der Waals surface area contributed by atoms with Crippen molar-refractivity contribution in [2.24, 2.45) is 0 Å². The fourth-order valence-corrected chi connectivity index (χ4v) is 2.88. The summed E-state index contributed by atoms with van der Waals surface area (Å²) in [7, 11) is 0. The molecule has 0 bridgehead atoms. The highest BCUT2D eigenvalue weighted by Gasteiger charge is 2.28. The number of nitrogens with one attached hydrogen (secondary N) is 2. The minimum absolute atomic E-state index is 0.205. The van der Waals surface area contributed by atoms with E-state index in [2.05, 4.69) is 20.5 Å². The molecule has 0 atom stereocenters. The molecule has 1 aromatic heterocycles. The van der Waals surface area contributed by atoms with E-state index in [-0.39, 0.29) is 5.91 Å². The van der Waals surface area contributed by atoms with Gasteiger partial charge in [-0.2, -0.15) is 5.10 Å². The number of hydrogen-bond acceptors (Lipinski definition) is 4. The summed E-state index contributed by atoms with van der Waals surface area (Å²) in [5, 5.41) is 9.34. The predicted molar refractivity (Wildman–Crippen MR) is 82.8 cm³/mol. The first-order valence-corrected chi connectivity index (χ1v) is 7.00. The quantitative estimate of drug-likeness (QED) is 0.632. The van der Waals surface area contributed by atoms with E-state index in [1.54, 1.807) is 24.3 Å². The van der Waals surface area contributed by atoms with Gasteiger partial charge in [-0.05, 0) is 35.4 Å². The Morgan fingerprint density at radius 2 is 1.91 bits per heavy atom. The number of amides is 1. The molecule has 0 saturated heterocycles. The van der Waals surface area contributed by atoms with E-state index in [1.165, 1.54) is 12.4 Å². The predicted octanol–water partition coefficient (Wildman–Crippen LogP) is 2.10. The van der Waals surface area contributed by atoms with Gasteiger partial charge in [0.1, 0.15) is 12.1 Å². The molecule has 2 aromatic carbocycles. The van der Waals surface area contributed by atoms with Crippen LogP contribution >= 0.6 is 0 Å². The molecule has 23 heavy (non-hydrogen) atoms. The number of fused-ring (bicyclic) bond motifs is 1. The molecule has 0 spiro atoms. The number of nitrogens with zero attached hydrogens (tertiary/aromatic N) is 2. The first-order chi connectivity index (χ1) is 11.1. The van der Waals surface area contributed by atoms with E-state index >= 15 is 0 Å². The largest absolute Gasteiger partial charge is 0.399 e. The van der Waals surface area contributed by atoms with Crippen LogP contribution in [0.15, 0.2) is 36.7 Å². The number of H-pyrrole nitrogens is 1. The summed E-state index contributed by atoms with van der Waals surface area (Å²) < 4.78 is 14.3. The number of carbonyl (C=O) groups excluding carboxylic acids is 1. The summed E-state index contributed by atoms with van der Waals surface area (Å²) >= 11 is 0. The minimum Gasteiger partial charge on any atom is -0.399 e. The first-order valence-electron chi connectivity index (χ1n) is 7.00. The maximum Gasteiger partial charge on any atom is 0.252 e. The Balaban J connectivity index is 1.96. The van der Waals surface area contributed by atoms with Crippen molar-refractivity contribution in [1.29, 1.82) is 0 Å². The molecule has 4 rings (SSSR count). The van der Waals surface area contributed by atoms with Crippen molar-refractivity contribution in [2.75, 3.05) is 5.73 Å². The van der Waals surface area contributed by atoms with Crippen molar-refractivity contribution in [2.45, 2.75) is 6.54 Å². The zero-order chi connectivity index (χ0) is 16.0. The highest BCUT2D eigenvalue weighted by atomic mass is 19.1. The van der Waals surface area contributed by atoms with E-state index in [0.29, 0.717) is 40.3 Å². The van der Waals surface area contributed by atoms with Crippen LogP contribution in [0.2, 0.25) is 0 Å². The summed E-state index contributed by atoms with van der Waals surface area (Å²) in [6, 6.07) is 8.06. The van der Waals surface area contributed by atoms with Gasteiger partial charge in [0, 0.05) is 23.4 Å². The lowest BCUT2D eigenvalue weighted by Crippen LogP contribution is -2.13. The number of anilines is 1. The monoisotopic (exact) mass is 309 g/mol. The molecular formula is C16H12FN5O. The van der Waals surface area contributed by atoms with Crippen LogP contribution in [0.3, 0.4) is 0 Å². The zero-order valence-corrected chi connectivity index (χ0v) is 11.9. The fourth-order valence-electron chi connectivity index (χ4n) is 2.88. The fraction of sp³-hybridized carbons (Fsp3) is 0.0625. The first kappa shape index (κ1) is 13.4. The Bertz CT molecular complexity index is 920. The summed E-state index contributed by atoms with van der Waals surface area (Å²) in [5.41, 5.74) is 8.92. The maximum atomic E-state index is 14.3. The molecule has 0 unspecified atom stereocenters. The molecule has 0 aliphatic carbocycles. The molecular weight excluding hydrogens is 297 g/mol. The van der Waals surface area contributed by atoms with Crippen LogP contribution in [-0.2, 0) is 6.54 Å². The molecule has 0 radical (unpaired) electrons. The number of aromatic nitrogens is 3. The maximum absolute atomic E-state index is 14.3. The van der Waals surface area contributed by atoms with Crippen LogP contribution in [0.1, 0.15) is 15.9 Å². The van der Waals surface area contributed by atoms with E-state index in [1.807, 2.05) is 0 Å². The third-order valence-corrected chi connectivity index (χ3v) is 3.92. The Morgan fingerprint density at radius 3 is 2.65 bits per heavy atom. The molecule has 114 valence electrons. The van der Waals surface area contributed by atoms with Crippen LogP contribution < -0.4 is 11.1 Å². The lowest BCUT2D eigenvalue weighted by Gasteiger charge is -2.11. The van der Waals surface area contributed by atoms with Gasteiger partial charge in [0.25, 0.3) is 5.91 Å². The van der Waals surface area contributed by atoms with Gasteiger partial charge in [-0.15, -0.1) is 0 Å². The van der Waals surface area contributed by atoms with Gasteiger partial charge in [0.2, 0.25) is 0 Å². The SMILES string of the molecule is Nc1ccc(-c2ccc(-c3ncn[nH]3)c3c2CNC3=O)c(F)c1. The highest BCUT2D eigenvalue weighted by Crippen LogP contribution is 2.36. The smallest absolute Gasteiger partial charge is 0.252 e. The number of halogens is 1. The van der Waals surface area contributed by atoms with Crippen LogP contribution in [0.4, 0.5) is 10.1 Å².